The van der Waals surface area contributed by atoms with Gasteiger partial charge in [-0.15, -0.1) is 0 Å². The van der Waals surface area contributed by atoms with E-state index in [1.807, 2.05) is 0 Å². The Morgan fingerprint density at radius 1 is 0.968 bits per heavy atom. The normalized spacial score (nSPS) is 29.7. The third kappa shape index (κ3) is 4.59. The van der Waals surface area contributed by atoms with Crippen molar-refractivity contribution in [2.75, 3.05) is 24.3 Å². The lowest BCUT2D eigenvalue weighted by Gasteiger charge is -2.32. The number of aromatic nitrogens is 1. The summed E-state index contributed by atoms with van der Waals surface area (Å²) in [6, 6.07) is 12.1. The summed E-state index contributed by atoms with van der Waals surface area (Å²) in [4.78, 5) is 7.04. The first kappa shape index (κ1) is 20.8. The smallest absolute Gasteiger partial charge is 0.166 e. The van der Waals surface area contributed by atoms with Crippen LogP contribution in [0.15, 0.2) is 30.3 Å². The summed E-state index contributed by atoms with van der Waals surface area (Å²) in [5.41, 5.74) is 2.25. The van der Waals surface area contributed by atoms with E-state index in [-0.39, 0.29) is 0 Å². The zero-order valence-electron chi connectivity index (χ0n) is 18.7. The highest BCUT2D eigenvalue weighted by Gasteiger charge is 2.39. The number of anilines is 2. The van der Waals surface area contributed by atoms with Gasteiger partial charge in [-0.1, -0.05) is 24.6 Å². The van der Waals surface area contributed by atoms with Crippen LogP contribution in [0.4, 0.5) is 11.5 Å². The molecule has 2 aromatic rings. The molecule has 31 heavy (non-hydrogen) atoms. The van der Waals surface area contributed by atoms with Crippen LogP contribution in [-0.2, 0) is 0 Å². The molecule has 3 N–H and O–H groups in total. The van der Waals surface area contributed by atoms with Crippen molar-refractivity contribution in [2.24, 2.45) is 11.8 Å². The molecule has 1 heterocycles. The van der Waals surface area contributed by atoms with Crippen LogP contribution in [0.1, 0.15) is 51.4 Å². The summed E-state index contributed by atoms with van der Waals surface area (Å²) in [6.45, 7) is 0. The maximum Gasteiger partial charge on any atom is 0.166 e. The molecule has 166 valence electrons. The number of pyridine rings is 1. The van der Waals surface area contributed by atoms with Crippen LogP contribution in [0.2, 0.25) is 0 Å². The number of thiocarbonyl (C=S) groups is 1. The zero-order valence-corrected chi connectivity index (χ0v) is 19.5. The average molecular weight is 438 g/mol. The Balaban J connectivity index is 1.14. The predicted molar refractivity (Wildman–Crippen MR) is 134 cm³/mol. The minimum Gasteiger partial charge on any atom is -0.377 e. The molecule has 3 aliphatic carbocycles. The number of rotatable bonds is 5. The zero-order chi connectivity index (χ0) is 21.4. The Morgan fingerprint density at radius 2 is 1.74 bits per heavy atom. The second kappa shape index (κ2) is 8.81. The van der Waals surface area contributed by atoms with E-state index in [1.165, 1.54) is 36.8 Å². The van der Waals surface area contributed by atoms with Crippen molar-refractivity contribution in [2.45, 2.75) is 69.5 Å². The molecule has 5 nitrogen and oxygen atoms in total. The molecule has 3 atom stereocenters. The van der Waals surface area contributed by atoms with E-state index < -0.39 is 0 Å². The number of para-hydroxylation sites is 1. The lowest BCUT2D eigenvalue weighted by Crippen LogP contribution is -2.49. The van der Waals surface area contributed by atoms with Crippen LogP contribution >= 0.6 is 12.2 Å². The first-order valence-corrected chi connectivity index (χ1v) is 12.4. The van der Waals surface area contributed by atoms with E-state index in [4.69, 9.17) is 17.2 Å². The van der Waals surface area contributed by atoms with Crippen molar-refractivity contribution in [1.29, 1.82) is 0 Å². The molecule has 3 saturated carbocycles. The van der Waals surface area contributed by atoms with Gasteiger partial charge in [0.2, 0.25) is 0 Å². The van der Waals surface area contributed by atoms with Gasteiger partial charge in [-0.25, -0.2) is 4.98 Å². The highest BCUT2D eigenvalue weighted by atomic mass is 32.1. The molecule has 1 aromatic carbocycles. The molecular weight excluding hydrogens is 402 g/mol. The number of hydrogen-bond acceptors (Lipinski definition) is 4. The maximum atomic E-state index is 5.65. The van der Waals surface area contributed by atoms with Crippen LogP contribution in [-0.4, -0.2) is 42.3 Å². The Labute approximate surface area is 191 Å². The number of fused-ring (bicyclic) bond motifs is 3. The van der Waals surface area contributed by atoms with Gasteiger partial charge in [0, 0.05) is 49.4 Å². The fraction of sp³-hybridized carbons (Fsp3) is 0.600. The molecular formula is C25H35N5S. The van der Waals surface area contributed by atoms with Crippen molar-refractivity contribution in [1.82, 2.24) is 15.6 Å². The predicted octanol–water partition coefficient (Wildman–Crippen LogP) is 4.68. The van der Waals surface area contributed by atoms with Crippen LogP contribution in [0.5, 0.6) is 0 Å². The van der Waals surface area contributed by atoms with E-state index in [2.05, 4.69) is 65.3 Å². The third-order valence-corrected chi connectivity index (χ3v) is 7.88. The molecule has 1 unspecified atom stereocenters. The average Bonchev–Trinajstić information content (AvgIpc) is 3.37. The van der Waals surface area contributed by atoms with Crippen LogP contribution in [0, 0.1) is 11.8 Å². The standard InChI is InChI=1S/C25H35N5S/c1-30(2)23-15-24(28-21-6-4-3-5-20(21)23)26-18-9-11-19(12-10-18)27-25(31)29-22-14-16-7-8-17(22)13-16/h3-6,15-19,22H,7-14H2,1-2H3,(H,26,28)(H2,27,29,31)/t16-,17+,18?,19?,22?/m1/s1. The molecule has 1 aromatic heterocycles. The van der Waals surface area contributed by atoms with Gasteiger partial charge < -0.3 is 20.9 Å². The van der Waals surface area contributed by atoms with Crippen molar-refractivity contribution in [3.63, 3.8) is 0 Å². The summed E-state index contributed by atoms with van der Waals surface area (Å²) >= 11 is 5.65. The first-order chi connectivity index (χ1) is 15.0. The lowest BCUT2D eigenvalue weighted by molar-refractivity contribution is 0.369. The maximum absolute atomic E-state index is 5.65. The number of hydrogen-bond donors (Lipinski definition) is 3. The van der Waals surface area contributed by atoms with E-state index in [9.17, 15) is 0 Å². The Morgan fingerprint density at radius 3 is 2.45 bits per heavy atom. The topological polar surface area (TPSA) is 52.2 Å². The van der Waals surface area contributed by atoms with E-state index >= 15 is 0 Å². The van der Waals surface area contributed by atoms with Crippen LogP contribution in [0.3, 0.4) is 0 Å². The van der Waals surface area contributed by atoms with Gasteiger partial charge >= 0.3 is 0 Å². The Bertz CT molecular complexity index is 937. The highest BCUT2D eigenvalue weighted by Crippen LogP contribution is 2.44. The second-order valence-corrected chi connectivity index (χ2v) is 10.4. The lowest BCUT2D eigenvalue weighted by atomic mass is 9.91. The van der Waals surface area contributed by atoms with Gasteiger partial charge in [0.15, 0.2) is 5.11 Å². The van der Waals surface area contributed by atoms with E-state index in [0.717, 1.165) is 54.0 Å². The minimum absolute atomic E-state index is 0.467. The summed E-state index contributed by atoms with van der Waals surface area (Å²) < 4.78 is 0. The van der Waals surface area contributed by atoms with Crippen molar-refractivity contribution >= 4 is 39.7 Å². The van der Waals surface area contributed by atoms with Crippen LogP contribution in [0.25, 0.3) is 10.9 Å². The molecule has 0 spiro atoms. The Kier molecular flexibility index (Phi) is 5.91. The molecule has 6 heteroatoms. The molecule has 0 aliphatic heterocycles. The quantitative estimate of drug-likeness (QED) is 0.591. The fourth-order valence-corrected chi connectivity index (χ4v) is 6.33. The number of nitrogens with one attached hydrogen (secondary N) is 3. The summed E-state index contributed by atoms with van der Waals surface area (Å²) in [6.07, 6.45) is 10.1. The van der Waals surface area contributed by atoms with Gasteiger partial charge in [-0.05, 0) is 75.1 Å². The van der Waals surface area contributed by atoms with Crippen molar-refractivity contribution in [3.05, 3.63) is 30.3 Å². The summed E-state index contributed by atoms with van der Waals surface area (Å²) in [7, 11) is 4.19. The Hall–Kier alpha value is -2.08. The SMILES string of the molecule is CN(C)c1cc(NC2CCC(NC(=S)NC3C[C@@H]4CC[C@H]3C4)CC2)nc2ccccc12. The molecule has 5 rings (SSSR count). The fourth-order valence-electron chi connectivity index (χ4n) is 6.01. The first-order valence-electron chi connectivity index (χ1n) is 12.0. The third-order valence-electron chi connectivity index (χ3n) is 7.65. The molecule has 3 fully saturated rings. The van der Waals surface area contributed by atoms with Crippen LogP contribution < -0.4 is 20.9 Å². The second-order valence-electron chi connectivity index (χ2n) is 10.0. The number of nitrogens with zero attached hydrogens (tertiary/aromatic N) is 2. The summed E-state index contributed by atoms with van der Waals surface area (Å²) in [5, 5.41) is 13.0. The highest BCUT2D eigenvalue weighted by molar-refractivity contribution is 7.80. The minimum atomic E-state index is 0.467. The largest absolute Gasteiger partial charge is 0.377 e. The number of benzene rings is 1. The van der Waals surface area contributed by atoms with Gasteiger partial charge in [0.05, 0.1) is 5.52 Å². The van der Waals surface area contributed by atoms with Gasteiger partial charge in [0.25, 0.3) is 0 Å². The van der Waals surface area contributed by atoms with Gasteiger partial charge in [0.1, 0.15) is 5.82 Å². The van der Waals surface area contributed by atoms with Gasteiger partial charge in [-0.3, -0.25) is 0 Å². The van der Waals surface area contributed by atoms with Crippen molar-refractivity contribution < 1.29 is 0 Å². The molecule has 2 bridgehead atoms. The van der Waals surface area contributed by atoms with E-state index in [1.54, 1.807) is 0 Å². The molecule has 0 saturated heterocycles. The monoisotopic (exact) mass is 437 g/mol. The van der Waals surface area contributed by atoms with Gasteiger partial charge in [-0.2, -0.15) is 0 Å². The molecule has 3 aliphatic rings. The van der Waals surface area contributed by atoms with E-state index in [0.29, 0.717) is 18.1 Å². The molecule has 0 amide bonds. The summed E-state index contributed by atoms with van der Waals surface area (Å²) in [5.74, 6) is 2.78. The van der Waals surface area contributed by atoms with Crippen molar-refractivity contribution in [3.8, 4) is 0 Å². The molecule has 0 radical (unpaired) electrons.